The summed E-state index contributed by atoms with van der Waals surface area (Å²) in [6.07, 6.45) is 6.86. The number of pyridine rings is 1. The number of nitrogens with zero attached hydrogens (tertiary/aromatic N) is 4. The van der Waals surface area contributed by atoms with Crippen molar-refractivity contribution in [1.82, 2.24) is 24.3 Å². The fourth-order valence-corrected chi connectivity index (χ4v) is 2.72. The molecule has 4 aromatic heterocycles. The largest absolute Gasteiger partial charge is 0.477 e. The number of nitrogens with one attached hydrogen (secondary N) is 2. The molecule has 0 amide bonds. The Bertz CT molecular complexity index is 1040. The number of H-pyrrole nitrogens is 1. The third-order valence-corrected chi connectivity index (χ3v) is 3.76. The lowest BCUT2D eigenvalue weighted by atomic mass is 10.1. The standard InChI is InChI=1S/C16H15FN6O/c1-3-24-15-12-10(7-20-13(12)21-16(18-2)22-15)9-6-11(17)14-19-4-5-23(14)8-9/h4-8H,3H2,1-2H3,(H2,18,20,21,22). The summed E-state index contributed by atoms with van der Waals surface area (Å²) in [7, 11) is 1.74. The summed E-state index contributed by atoms with van der Waals surface area (Å²) in [5.41, 5.74) is 2.37. The Hall–Kier alpha value is -3.16. The minimum Gasteiger partial charge on any atom is -0.477 e. The summed E-state index contributed by atoms with van der Waals surface area (Å²) in [4.78, 5) is 15.9. The van der Waals surface area contributed by atoms with Crippen molar-refractivity contribution in [2.75, 3.05) is 19.0 Å². The predicted molar refractivity (Wildman–Crippen MR) is 88.7 cm³/mol. The summed E-state index contributed by atoms with van der Waals surface area (Å²) < 4.78 is 21.6. The summed E-state index contributed by atoms with van der Waals surface area (Å²) in [6, 6.07) is 1.45. The average molecular weight is 326 g/mol. The van der Waals surface area contributed by atoms with E-state index in [0.717, 1.165) is 10.9 Å². The minimum absolute atomic E-state index is 0.289. The molecule has 2 N–H and O–H groups in total. The smallest absolute Gasteiger partial charge is 0.228 e. The molecule has 122 valence electrons. The second-order valence-corrected chi connectivity index (χ2v) is 5.20. The fraction of sp³-hybridized carbons (Fsp3) is 0.188. The molecular weight excluding hydrogens is 311 g/mol. The molecule has 0 bridgehead atoms. The van der Waals surface area contributed by atoms with Crippen molar-refractivity contribution in [3.05, 3.63) is 36.7 Å². The van der Waals surface area contributed by atoms with E-state index in [-0.39, 0.29) is 5.65 Å². The van der Waals surface area contributed by atoms with E-state index in [1.807, 2.05) is 13.1 Å². The van der Waals surface area contributed by atoms with Crippen LogP contribution in [0.15, 0.2) is 30.9 Å². The Labute approximate surface area is 136 Å². The molecule has 0 aliphatic heterocycles. The Morgan fingerprint density at radius 2 is 2.25 bits per heavy atom. The molecular formula is C16H15FN6O. The highest BCUT2D eigenvalue weighted by Gasteiger charge is 2.17. The van der Waals surface area contributed by atoms with Crippen LogP contribution in [0.3, 0.4) is 0 Å². The molecule has 0 aromatic carbocycles. The fourth-order valence-electron chi connectivity index (χ4n) is 2.72. The van der Waals surface area contributed by atoms with Crippen molar-refractivity contribution < 1.29 is 9.13 Å². The van der Waals surface area contributed by atoms with Crippen molar-refractivity contribution in [3.8, 4) is 17.0 Å². The zero-order valence-electron chi connectivity index (χ0n) is 13.2. The third-order valence-electron chi connectivity index (χ3n) is 3.76. The molecule has 0 atom stereocenters. The first kappa shape index (κ1) is 14.4. The van der Waals surface area contributed by atoms with Gasteiger partial charge in [-0.1, -0.05) is 0 Å². The molecule has 7 nitrogen and oxygen atoms in total. The SMILES string of the molecule is CCOc1nc(NC)nc2[nH]cc(-c3cc(F)c4nccn4c3)c12. The number of aromatic amines is 1. The van der Waals surface area contributed by atoms with Crippen molar-refractivity contribution in [2.45, 2.75) is 6.92 Å². The first-order valence-electron chi connectivity index (χ1n) is 7.53. The number of hydrogen-bond acceptors (Lipinski definition) is 5. The summed E-state index contributed by atoms with van der Waals surface area (Å²) in [5.74, 6) is 0.516. The number of fused-ring (bicyclic) bond motifs is 2. The first-order chi connectivity index (χ1) is 11.7. The third kappa shape index (κ3) is 2.15. The van der Waals surface area contributed by atoms with Crippen LogP contribution in [0.2, 0.25) is 0 Å². The van der Waals surface area contributed by atoms with E-state index in [9.17, 15) is 4.39 Å². The number of anilines is 1. The van der Waals surface area contributed by atoms with E-state index in [2.05, 4.69) is 25.3 Å². The van der Waals surface area contributed by atoms with Gasteiger partial charge < -0.3 is 19.4 Å². The highest BCUT2D eigenvalue weighted by atomic mass is 19.1. The number of rotatable bonds is 4. The molecule has 0 aliphatic carbocycles. The number of imidazole rings is 1. The second-order valence-electron chi connectivity index (χ2n) is 5.20. The van der Waals surface area contributed by atoms with Gasteiger partial charge in [0.2, 0.25) is 11.8 Å². The highest BCUT2D eigenvalue weighted by Crippen LogP contribution is 2.34. The maximum Gasteiger partial charge on any atom is 0.228 e. The van der Waals surface area contributed by atoms with Gasteiger partial charge in [0.05, 0.1) is 12.0 Å². The quantitative estimate of drug-likeness (QED) is 0.603. The van der Waals surface area contributed by atoms with Crippen LogP contribution >= 0.6 is 0 Å². The van der Waals surface area contributed by atoms with Crippen molar-refractivity contribution in [1.29, 1.82) is 0 Å². The van der Waals surface area contributed by atoms with Crippen LogP contribution in [0.5, 0.6) is 5.88 Å². The lowest BCUT2D eigenvalue weighted by molar-refractivity contribution is 0.331. The maximum absolute atomic E-state index is 14.3. The van der Waals surface area contributed by atoms with E-state index in [1.165, 1.54) is 6.07 Å². The molecule has 24 heavy (non-hydrogen) atoms. The van der Waals surface area contributed by atoms with Gasteiger partial charge in [-0.25, -0.2) is 9.37 Å². The molecule has 4 heterocycles. The lowest BCUT2D eigenvalue weighted by Crippen LogP contribution is -2.01. The Kier molecular flexibility index (Phi) is 3.30. The van der Waals surface area contributed by atoms with Crippen LogP contribution in [0.1, 0.15) is 6.92 Å². The Morgan fingerprint density at radius 1 is 1.38 bits per heavy atom. The van der Waals surface area contributed by atoms with E-state index in [4.69, 9.17) is 4.74 Å². The van der Waals surface area contributed by atoms with Crippen LogP contribution in [0, 0.1) is 5.82 Å². The number of hydrogen-bond donors (Lipinski definition) is 2. The van der Waals surface area contributed by atoms with Crippen LogP contribution in [-0.2, 0) is 0 Å². The molecule has 0 saturated carbocycles. The van der Waals surface area contributed by atoms with Gasteiger partial charge >= 0.3 is 0 Å². The van der Waals surface area contributed by atoms with Crippen LogP contribution in [-0.4, -0.2) is 38.0 Å². The normalized spacial score (nSPS) is 11.3. The summed E-state index contributed by atoms with van der Waals surface area (Å²) >= 11 is 0. The molecule has 0 saturated heterocycles. The molecule has 0 spiro atoms. The lowest BCUT2D eigenvalue weighted by Gasteiger charge is -2.08. The second kappa shape index (κ2) is 5.48. The number of halogens is 1. The van der Waals surface area contributed by atoms with Gasteiger partial charge in [0.15, 0.2) is 11.5 Å². The van der Waals surface area contributed by atoms with E-state index in [1.54, 1.807) is 30.0 Å². The molecule has 4 rings (SSSR count). The molecule has 8 heteroatoms. The van der Waals surface area contributed by atoms with Gasteiger partial charge in [-0.15, -0.1) is 0 Å². The van der Waals surface area contributed by atoms with Gasteiger partial charge in [-0.3, -0.25) is 0 Å². The zero-order valence-corrected chi connectivity index (χ0v) is 13.2. The van der Waals surface area contributed by atoms with E-state index >= 15 is 0 Å². The highest BCUT2D eigenvalue weighted by molar-refractivity contribution is 5.97. The maximum atomic E-state index is 14.3. The molecule has 4 aromatic rings. The van der Waals surface area contributed by atoms with Crippen LogP contribution < -0.4 is 10.1 Å². The number of aromatic nitrogens is 5. The molecule has 0 aliphatic rings. The first-order valence-corrected chi connectivity index (χ1v) is 7.53. The van der Waals surface area contributed by atoms with Crippen LogP contribution in [0.25, 0.3) is 27.8 Å². The van der Waals surface area contributed by atoms with E-state index < -0.39 is 5.82 Å². The average Bonchev–Trinajstić information content (AvgIpc) is 3.21. The summed E-state index contributed by atoms with van der Waals surface area (Å²) in [6.45, 7) is 2.35. The molecule has 0 fully saturated rings. The topological polar surface area (TPSA) is 80.1 Å². The van der Waals surface area contributed by atoms with Crippen molar-refractivity contribution in [2.24, 2.45) is 0 Å². The summed E-state index contributed by atoms with van der Waals surface area (Å²) in [5, 5.41) is 3.62. The molecule has 0 unspecified atom stereocenters. The van der Waals surface area contributed by atoms with Gasteiger partial charge in [0.1, 0.15) is 5.65 Å². The number of ether oxygens (including phenoxy) is 1. The minimum atomic E-state index is -0.391. The Balaban J connectivity index is 1.98. The van der Waals surface area contributed by atoms with E-state index in [0.29, 0.717) is 29.6 Å². The van der Waals surface area contributed by atoms with Crippen LogP contribution in [0.4, 0.5) is 10.3 Å². The van der Waals surface area contributed by atoms with Gasteiger partial charge in [0.25, 0.3) is 0 Å². The van der Waals surface area contributed by atoms with Gasteiger partial charge in [-0.2, -0.15) is 9.97 Å². The monoisotopic (exact) mass is 326 g/mol. The van der Waals surface area contributed by atoms with Crippen molar-refractivity contribution in [3.63, 3.8) is 0 Å². The van der Waals surface area contributed by atoms with Gasteiger partial charge in [0, 0.05) is 43.0 Å². The predicted octanol–water partition coefficient (Wildman–Crippen LogP) is 2.85. The Morgan fingerprint density at radius 3 is 3.04 bits per heavy atom. The van der Waals surface area contributed by atoms with Crippen molar-refractivity contribution >= 4 is 22.6 Å². The zero-order chi connectivity index (χ0) is 16.7. The van der Waals surface area contributed by atoms with Gasteiger partial charge in [-0.05, 0) is 13.0 Å². The molecule has 0 radical (unpaired) electrons.